The molecule has 0 spiro atoms. The second kappa shape index (κ2) is 12.8. The van der Waals surface area contributed by atoms with E-state index in [-0.39, 0.29) is 28.2 Å². The van der Waals surface area contributed by atoms with Crippen molar-refractivity contribution in [3.8, 4) is 0 Å². The zero-order chi connectivity index (χ0) is 28.9. The quantitative estimate of drug-likeness (QED) is 0.332. The van der Waals surface area contributed by atoms with Crippen molar-refractivity contribution in [2.45, 2.75) is 51.2 Å². The molecule has 1 N–H and O–H groups in total. The van der Waals surface area contributed by atoms with Crippen molar-refractivity contribution in [3.63, 3.8) is 0 Å². The molecule has 39 heavy (non-hydrogen) atoms. The molecule has 0 aliphatic carbocycles. The topological polar surface area (TPSA) is 86.8 Å². The Bertz CT molecular complexity index is 1450. The fourth-order valence-corrected chi connectivity index (χ4v) is 5.72. The Kier molecular flexibility index (Phi) is 9.98. The highest BCUT2D eigenvalue weighted by Gasteiger charge is 2.34. The maximum absolute atomic E-state index is 14.9. The molecule has 0 radical (unpaired) electrons. The summed E-state index contributed by atoms with van der Waals surface area (Å²) in [7, 11) is -4.37. The number of carbonyl (C=O) groups excluding carboxylic acids is 2. The predicted octanol–water partition coefficient (Wildman–Crippen LogP) is 5.58. The van der Waals surface area contributed by atoms with Gasteiger partial charge in [0.25, 0.3) is 10.0 Å². The minimum atomic E-state index is -4.37. The molecule has 3 aromatic rings. The van der Waals surface area contributed by atoms with Crippen molar-refractivity contribution in [1.82, 2.24) is 10.2 Å². The third-order valence-corrected chi connectivity index (χ3v) is 8.32. The summed E-state index contributed by atoms with van der Waals surface area (Å²) in [5.74, 6) is -1.99. The van der Waals surface area contributed by atoms with Crippen LogP contribution in [0.5, 0.6) is 0 Å². The number of halogens is 3. The minimum absolute atomic E-state index is 0.109. The fraction of sp³-hybridized carbons (Fsp3) is 0.286. The average molecular weight is 595 g/mol. The zero-order valence-corrected chi connectivity index (χ0v) is 24.3. The SMILES string of the molecule is Cc1ccc(S(=O)(=O)N(CC(=O)N(Cc2ccc(Cl)cc2Cl)[C@@H](C)C(=O)NC(C)C)c2ccccc2F)cc1. The number of amides is 2. The van der Waals surface area contributed by atoms with E-state index in [0.29, 0.717) is 10.6 Å². The number of aryl methyl sites for hydroxylation is 1. The molecule has 0 aliphatic heterocycles. The Morgan fingerprint density at radius 2 is 1.62 bits per heavy atom. The third kappa shape index (κ3) is 7.50. The van der Waals surface area contributed by atoms with Crippen LogP contribution in [-0.4, -0.2) is 43.8 Å². The molecule has 2 amide bonds. The van der Waals surface area contributed by atoms with Gasteiger partial charge in [-0.15, -0.1) is 0 Å². The van der Waals surface area contributed by atoms with E-state index < -0.39 is 40.2 Å². The standard InChI is InChI=1S/C28H30Cl2FN3O4S/c1-18(2)32-28(36)20(4)33(16-21-11-12-22(29)15-24(21)30)27(35)17-34(26-8-6-5-7-25(26)31)39(37,38)23-13-9-19(3)10-14-23/h5-15,18,20H,16-17H2,1-4H3,(H,32,36)/t20-/m0/s1. The van der Waals surface area contributed by atoms with Gasteiger partial charge in [-0.05, 0) is 69.7 Å². The number of hydrogen-bond acceptors (Lipinski definition) is 4. The molecule has 0 saturated carbocycles. The van der Waals surface area contributed by atoms with E-state index >= 15 is 0 Å². The number of hydrogen-bond donors (Lipinski definition) is 1. The van der Waals surface area contributed by atoms with Gasteiger partial charge in [0.1, 0.15) is 18.4 Å². The lowest BCUT2D eigenvalue weighted by atomic mass is 10.1. The molecule has 208 valence electrons. The van der Waals surface area contributed by atoms with E-state index in [9.17, 15) is 22.4 Å². The molecular weight excluding hydrogens is 564 g/mol. The van der Waals surface area contributed by atoms with Gasteiger partial charge in [-0.3, -0.25) is 13.9 Å². The molecule has 1 atom stereocenters. The highest BCUT2D eigenvalue weighted by molar-refractivity contribution is 7.92. The van der Waals surface area contributed by atoms with Crippen LogP contribution < -0.4 is 9.62 Å². The van der Waals surface area contributed by atoms with Gasteiger partial charge in [-0.2, -0.15) is 0 Å². The van der Waals surface area contributed by atoms with Crippen LogP contribution in [-0.2, 0) is 26.2 Å². The Morgan fingerprint density at radius 1 is 0.974 bits per heavy atom. The summed E-state index contributed by atoms with van der Waals surface area (Å²) >= 11 is 12.4. The van der Waals surface area contributed by atoms with Crippen LogP contribution in [0.3, 0.4) is 0 Å². The fourth-order valence-electron chi connectivity index (χ4n) is 3.83. The molecule has 3 aromatic carbocycles. The number of nitrogens with zero attached hydrogens (tertiary/aromatic N) is 2. The van der Waals surface area contributed by atoms with Crippen LogP contribution in [0, 0.1) is 12.7 Å². The highest BCUT2D eigenvalue weighted by Crippen LogP contribution is 2.28. The molecule has 0 fully saturated rings. The second-order valence-corrected chi connectivity index (χ2v) is 12.1. The number of sulfonamides is 1. The summed E-state index contributed by atoms with van der Waals surface area (Å²) in [4.78, 5) is 27.9. The lowest BCUT2D eigenvalue weighted by molar-refractivity contribution is -0.139. The molecule has 0 heterocycles. The first-order chi connectivity index (χ1) is 18.3. The van der Waals surface area contributed by atoms with Crippen molar-refractivity contribution in [1.29, 1.82) is 0 Å². The maximum Gasteiger partial charge on any atom is 0.264 e. The smallest absolute Gasteiger partial charge is 0.264 e. The predicted molar refractivity (Wildman–Crippen MR) is 152 cm³/mol. The van der Waals surface area contributed by atoms with E-state index in [2.05, 4.69) is 5.32 Å². The van der Waals surface area contributed by atoms with Crippen LogP contribution in [0.4, 0.5) is 10.1 Å². The Morgan fingerprint density at radius 3 is 2.21 bits per heavy atom. The first kappa shape index (κ1) is 30.4. The number of nitrogens with one attached hydrogen (secondary N) is 1. The van der Waals surface area contributed by atoms with Crippen molar-refractivity contribution in [3.05, 3.63) is 93.7 Å². The minimum Gasteiger partial charge on any atom is -0.352 e. The van der Waals surface area contributed by atoms with Gasteiger partial charge in [-0.25, -0.2) is 12.8 Å². The number of anilines is 1. The summed E-state index contributed by atoms with van der Waals surface area (Å²) in [6, 6.07) is 14.8. The molecule has 7 nitrogen and oxygen atoms in total. The summed E-state index contributed by atoms with van der Waals surface area (Å²) in [6.07, 6.45) is 0. The van der Waals surface area contributed by atoms with Crippen molar-refractivity contribution >= 4 is 50.7 Å². The van der Waals surface area contributed by atoms with E-state index in [4.69, 9.17) is 23.2 Å². The summed E-state index contributed by atoms with van der Waals surface area (Å²) in [6.45, 7) is 6.01. The van der Waals surface area contributed by atoms with Gasteiger partial charge in [0, 0.05) is 22.6 Å². The van der Waals surface area contributed by atoms with Gasteiger partial charge >= 0.3 is 0 Å². The van der Waals surface area contributed by atoms with Gasteiger partial charge in [-0.1, -0.05) is 59.1 Å². The Hall–Kier alpha value is -3.14. The van der Waals surface area contributed by atoms with Crippen LogP contribution >= 0.6 is 23.2 Å². The van der Waals surface area contributed by atoms with Gasteiger partial charge in [0.05, 0.1) is 10.6 Å². The van der Waals surface area contributed by atoms with Gasteiger partial charge in [0.15, 0.2) is 0 Å². The number of rotatable bonds is 10. The second-order valence-electron chi connectivity index (χ2n) is 9.37. The molecule has 11 heteroatoms. The number of carbonyl (C=O) groups is 2. The van der Waals surface area contributed by atoms with E-state index in [1.54, 1.807) is 45.0 Å². The third-order valence-electron chi connectivity index (χ3n) is 5.96. The molecule has 0 aromatic heterocycles. The van der Waals surface area contributed by atoms with E-state index in [1.165, 1.54) is 48.2 Å². The summed E-state index contributed by atoms with van der Waals surface area (Å²) in [5.41, 5.74) is 1.03. The first-order valence-electron chi connectivity index (χ1n) is 12.2. The summed E-state index contributed by atoms with van der Waals surface area (Å²) < 4.78 is 43.1. The molecular formula is C28H30Cl2FN3O4S. The maximum atomic E-state index is 14.9. The van der Waals surface area contributed by atoms with Crippen molar-refractivity contribution in [2.75, 3.05) is 10.8 Å². The Balaban J connectivity index is 2.06. The Labute approximate surface area is 238 Å². The van der Waals surface area contributed by atoms with Gasteiger partial charge < -0.3 is 10.2 Å². The molecule has 0 unspecified atom stereocenters. The normalized spacial score (nSPS) is 12.2. The lowest BCUT2D eigenvalue weighted by Gasteiger charge is -2.32. The highest BCUT2D eigenvalue weighted by atomic mass is 35.5. The number of benzene rings is 3. The molecule has 0 bridgehead atoms. The monoisotopic (exact) mass is 593 g/mol. The first-order valence-corrected chi connectivity index (χ1v) is 14.4. The van der Waals surface area contributed by atoms with Crippen LogP contribution in [0.1, 0.15) is 31.9 Å². The zero-order valence-electron chi connectivity index (χ0n) is 22.0. The van der Waals surface area contributed by atoms with E-state index in [1.807, 2.05) is 0 Å². The van der Waals surface area contributed by atoms with Gasteiger partial charge in [0.2, 0.25) is 11.8 Å². The van der Waals surface area contributed by atoms with Crippen LogP contribution in [0.15, 0.2) is 71.6 Å². The number of para-hydroxylation sites is 1. The lowest BCUT2D eigenvalue weighted by Crippen LogP contribution is -2.52. The molecule has 0 aliphatic rings. The van der Waals surface area contributed by atoms with Crippen molar-refractivity contribution in [2.24, 2.45) is 0 Å². The van der Waals surface area contributed by atoms with Crippen LogP contribution in [0.2, 0.25) is 10.0 Å². The average Bonchev–Trinajstić information content (AvgIpc) is 2.86. The molecule has 3 rings (SSSR count). The molecule has 0 saturated heterocycles. The summed E-state index contributed by atoms with van der Waals surface area (Å²) in [5, 5.41) is 3.43. The van der Waals surface area contributed by atoms with Crippen LogP contribution in [0.25, 0.3) is 0 Å². The van der Waals surface area contributed by atoms with E-state index in [0.717, 1.165) is 15.9 Å². The largest absolute Gasteiger partial charge is 0.352 e. The van der Waals surface area contributed by atoms with Crippen molar-refractivity contribution < 1.29 is 22.4 Å².